The molecule has 2 aromatic rings. The van der Waals surface area contributed by atoms with Gasteiger partial charge in [-0.1, -0.05) is 41.5 Å². The molecular weight excluding hydrogens is 458 g/mol. The van der Waals surface area contributed by atoms with Crippen molar-refractivity contribution in [2.75, 3.05) is 62.9 Å². The van der Waals surface area contributed by atoms with E-state index in [1.807, 2.05) is 27.7 Å². The summed E-state index contributed by atoms with van der Waals surface area (Å²) in [6.45, 7) is 18.6. The summed E-state index contributed by atoms with van der Waals surface area (Å²) in [6, 6.07) is 6.94. The summed E-state index contributed by atoms with van der Waals surface area (Å²) in [5.74, 6) is 1.21. The van der Waals surface area contributed by atoms with Gasteiger partial charge in [-0.05, 0) is 37.1 Å². The maximum atomic E-state index is 9.39. The van der Waals surface area contributed by atoms with E-state index in [0.717, 1.165) is 64.5 Å². The minimum Gasteiger partial charge on any atom is -0.508 e. The van der Waals surface area contributed by atoms with Crippen molar-refractivity contribution in [1.29, 1.82) is 0 Å². The summed E-state index contributed by atoms with van der Waals surface area (Å²) in [4.78, 5) is 18.0. The van der Waals surface area contributed by atoms with E-state index < -0.39 is 0 Å². The van der Waals surface area contributed by atoms with Gasteiger partial charge in [0.2, 0.25) is 5.95 Å². The van der Waals surface area contributed by atoms with Crippen LogP contribution < -0.4 is 15.1 Å². The van der Waals surface area contributed by atoms with Crippen molar-refractivity contribution in [3.8, 4) is 11.8 Å². The fourth-order valence-corrected chi connectivity index (χ4v) is 3.27. The largest absolute Gasteiger partial charge is 0.508 e. The number of hydrogen-bond donors (Lipinski definition) is 2. The summed E-state index contributed by atoms with van der Waals surface area (Å²) in [7, 11) is 0. The normalized spacial score (nSPS) is 13.3. The molecule has 0 bridgehead atoms. The third-order valence-corrected chi connectivity index (χ3v) is 4.87. The van der Waals surface area contributed by atoms with Crippen LogP contribution in [0.25, 0.3) is 0 Å². The monoisotopic (exact) mass is 503 g/mol. The van der Waals surface area contributed by atoms with E-state index in [1.54, 1.807) is 30.5 Å². The number of phenolic OH excluding ortho intramolecular Hbond substituents is 1. The van der Waals surface area contributed by atoms with E-state index in [-0.39, 0.29) is 5.75 Å². The second kappa shape index (κ2) is 19.2. The molecule has 0 spiro atoms. The molecule has 1 fully saturated rings. The zero-order chi connectivity index (χ0) is 26.6. The summed E-state index contributed by atoms with van der Waals surface area (Å²) >= 11 is 0. The van der Waals surface area contributed by atoms with Crippen LogP contribution in [0.1, 0.15) is 60.2 Å². The van der Waals surface area contributed by atoms with E-state index in [2.05, 4.69) is 49.1 Å². The molecule has 0 saturated carbocycles. The number of hydrazone groups is 1. The number of aromatic hydroxyl groups is 1. The quantitative estimate of drug-likeness (QED) is 0.247. The Balaban J connectivity index is 0.00000154. The van der Waals surface area contributed by atoms with E-state index >= 15 is 0 Å². The molecule has 2 N–H and O–H groups in total. The zero-order valence-electron chi connectivity index (χ0n) is 22.9. The first-order chi connectivity index (χ1) is 17.7. The number of hydrogen-bond acceptors (Lipinski definition) is 10. The number of anilines is 2. The van der Waals surface area contributed by atoms with Gasteiger partial charge in [0.15, 0.2) is 5.82 Å². The highest BCUT2D eigenvalue weighted by atomic mass is 16.5. The lowest BCUT2D eigenvalue weighted by molar-refractivity contribution is 0.0317. The Hall–Kier alpha value is -2.98. The Morgan fingerprint density at radius 1 is 1.03 bits per heavy atom. The molecule has 0 amide bonds. The molecule has 1 saturated heterocycles. The van der Waals surface area contributed by atoms with Gasteiger partial charge in [-0.15, -0.1) is 0 Å². The van der Waals surface area contributed by atoms with Crippen LogP contribution in [0.4, 0.5) is 11.6 Å². The van der Waals surface area contributed by atoms with Crippen LogP contribution in [-0.4, -0.2) is 83.7 Å². The van der Waals surface area contributed by atoms with Gasteiger partial charge in [0.1, 0.15) is 12.4 Å². The second-order valence-corrected chi connectivity index (χ2v) is 7.48. The number of morpholine rings is 1. The number of aromatic nitrogens is 3. The molecule has 202 valence electrons. The predicted octanol–water partition coefficient (Wildman–Crippen LogP) is 4.41. The molecule has 0 aliphatic carbocycles. The smallest absolute Gasteiger partial charge is 0.321 e. The van der Waals surface area contributed by atoms with Gasteiger partial charge in [-0.25, -0.2) is 0 Å². The van der Waals surface area contributed by atoms with Gasteiger partial charge in [-0.3, -0.25) is 10.3 Å². The first-order valence-electron chi connectivity index (χ1n) is 13.2. The Labute approximate surface area is 216 Å². The van der Waals surface area contributed by atoms with Crippen molar-refractivity contribution in [2.45, 2.75) is 54.4 Å². The maximum Gasteiger partial charge on any atom is 0.321 e. The third kappa shape index (κ3) is 11.6. The molecule has 3 rings (SSSR count). The van der Waals surface area contributed by atoms with Crippen molar-refractivity contribution < 1.29 is 14.6 Å². The van der Waals surface area contributed by atoms with Crippen LogP contribution in [0, 0.1) is 0 Å². The van der Waals surface area contributed by atoms with Gasteiger partial charge in [-0.2, -0.15) is 20.1 Å². The lowest BCUT2D eigenvalue weighted by atomic mass is 10.3. The number of phenols is 1. The molecule has 10 heteroatoms. The number of nitrogens with zero attached hydrogens (tertiary/aromatic N) is 6. The van der Waals surface area contributed by atoms with Gasteiger partial charge in [0, 0.05) is 32.7 Å². The van der Waals surface area contributed by atoms with Crippen LogP contribution in [0.2, 0.25) is 0 Å². The van der Waals surface area contributed by atoms with Crippen molar-refractivity contribution in [3.63, 3.8) is 0 Å². The highest BCUT2D eigenvalue weighted by Gasteiger charge is 2.14. The van der Waals surface area contributed by atoms with Gasteiger partial charge >= 0.3 is 6.01 Å². The Morgan fingerprint density at radius 3 is 2.28 bits per heavy atom. The lowest BCUT2D eigenvalue weighted by Gasteiger charge is -2.26. The summed E-state index contributed by atoms with van der Waals surface area (Å²) in [5, 5.41) is 13.6. The minimum absolute atomic E-state index is 0.201. The molecule has 2 heterocycles. The fraction of sp³-hybridized carbons (Fsp3) is 0.615. The number of rotatable bonds is 12. The van der Waals surface area contributed by atoms with Gasteiger partial charge in [0.25, 0.3) is 0 Å². The van der Waals surface area contributed by atoms with Crippen LogP contribution in [0.3, 0.4) is 0 Å². The Kier molecular flexibility index (Phi) is 16.6. The van der Waals surface area contributed by atoms with Crippen LogP contribution in [0.5, 0.6) is 11.8 Å². The molecule has 10 nitrogen and oxygen atoms in total. The van der Waals surface area contributed by atoms with Crippen LogP contribution >= 0.6 is 0 Å². The molecular formula is C26H45N7O3. The van der Waals surface area contributed by atoms with Crippen molar-refractivity contribution in [3.05, 3.63) is 30.1 Å². The van der Waals surface area contributed by atoms with E-state index in [0.29, 0.717) is 24.4 Å². The highest BCUT2D eigenvalue weighted by molar-refractivity contribution is 5.75. The van der Waals surface area contributed by atoms with E-state index in [9.17, 15) is 5.11 Å². The molecule has 1 aromatic carbocycles. The molecule has 0 radical (unpaired) electrons. The summed E-state index contributed by atoms with van der Waals surface area (Å²) in [6.07, 6.45) is 3.53. The molecule has 0 unspecified atom stereocenters. The topological polar surface area (TPSA) is 108 Å². The fourth-order valence-electron chi connectivity index (χ4n) is 3.27. The number of ether oxygens (including phenoxy) is 2. The Morgan fingerprint density at radius 2 is 1.67 bits per heavy atom. The molecule has 1 aliphatic heterocycles. The average molecular weight is 504 g/mol. The molecule has 1 aliphatic rings. The first kappa shape index (κ1) is 31.1. The van der Waals surface area contributed by atoms with Gasteiger partial charge < -0.3 is 19.5 Å². The lowest BCUT2D eigenvalue weighted by Crippen LogP contribution is -2.38. The third-order valence-electron chi connectivity index (χ3n) is 4.87. The average Bonchev–Trinajstić information content (AvgIpc) is 2.92. The predicted molar refractivity (Wildman–Crippen MR) is 147 cm³/mol. The van der Waals surface area contributed by atoms with E-state index in [4.69, 9.17) is 9.47 Å². The molecule has 1 aromatic heterocycles. The number of nitrogens with one attached hydrogen (secondary N) is 1. The van der Waals surface area contributed by atoms with Gasteiger partial charge in [0.05, 0.1) is 25.1 Å². The SMILES string of the molecule is CC.CC.CCCN(CCC)c1nc(/C=N/Nc2ccc(O)cc2)nc(OCCN2CCOCC2)n1. The zero-order valence-corrected chi connectivity index (χ0v) is 22.9. The van der Waals surface area contributed by atoms with Crippen LogP contribution in [-0.2, 0) is 4.74 Å². The standard InChI is InChI=1S/C22H33N7O3.2C2H6/c1-3-9-29(10-4-2)21-24-20(17-23-27-18-5-7-19(30)8-6-18)25-22(26-21)32-16-13-28-11-14-31-15-12-28;2*1-2/h5-8,17,27,30H,3-4,9-16H2,1-2H3;2*1-2H3/b23-17+;;. The van der Waals surface area contributed by atoms with Crippen molar-refractivity contribution in [2.24, 2.45) is 5.10 Å². The first-order valence-corrected chi connectivity index (χ1v) is 13.2. The molecule has 0 atom stereocenters. The van der Waals surface area contributed by atoms with Crippen molar-refractivity contribution >= 4 is 17.9 Å². The Bertz CT molecular complexity index is 838. The summed E-state index contributed by atoms with van der Waals surface area (Å²) < 4.78 is 11.3. The highest BCUT2D eigenvalue weighted by Crippen LogP contribution is 2.15. The van der Waals surface area contributed by atoms with Crippen molar-refractivity contribution in [1.82, 2.24) is 19.9 Å². The summed E-state index contributed by atoms with van der Waals surface area (Å²) in [5.41, 5.74) is 3.65. The molecule has 36 heavy (non-hydrogen) atoms. The number of benzene rings is 1. The maximum absolute atomic E-state index is 9.39. The van der Waals surface area contributed by atoms with E-state index in [1.165, 1.54) is 0 Å². The minimum atomic E-state index is 0.201. The second-order valence-electron chi connectivity index (χ2n) is 7.48. The van der Waals surface area contributed by atoms with Crippen LogP contribution in [0.15, 0.2) is 29.4 Å².